The Morgan fingerprint density at radius 2 is 1.57 bits per heavy atom. The highest BCUT2D eigenvalue weighted by molar-refractivity contribution is 5.64. The predicted molar refractivity (Wildman–Crippen MR) is 102 cm³/mol. The molecule has 4 nitrogen and oxygen atoms in total. The number of nitrogens with zero attached hydrogens (tertiary/aromatic N) is 3. The van der Waals surface area contributed by atoms with Gasteiger partial charge < -0.3 is 9.64 Å². The summed E-state index contributed by atoms with van der Waals surface area (Å²) >= 11 is 0. The van der Waals surface area contributed by atoms with Crippen LogP contribution in [0.2, 0.25) is 0 Å². The first-order valence-electron chi connectivity index (χ1n) is 8.81. The summed E-state index contributed by atoms with van der Waals surface area (Å²) in [4.78, 5) is 9.43. The molecule has 0 radical (unpaired) electrons. The monoisotopic (exact) mass is 387 g/mol. The molecular weight excluding hydrogens is 367 g/mol. The summed E-state index contributed by atoms with van der Waals surface area (Å²) in [5, 5.41) is 0. The molecule has 3 aromatic rings. The van der Waals surface area contributed by atoms with Gasteiger partial charge in [0.05, 0.1) is 0 Å². The zero-order chi connectivity index (χ0) is 20.1. The number of halogens is 3. The number of ether oxygens (including phenoxy) is 1. The maximum Gasteiger partial charge on any atom is 0.421 e. The lowest BCUT2D eigenvalue weighted by Gasteiger charge is -2.30. The van der Waals surface area contributed by atoms with Crippen LogP contribution in [0.3, 0.4) is 0 Å². The van der Waals surface area contributed by atoms with Crippen LogP contribution in [0.25, 0.3) is 0 Å². The minimum atomic E-state index is -4.59. The highest BCUT2D eigenvalue weighted by Crippen LogP contribution is 2.39. The summed E-state index contributed by atoms with van der Waals surface area (Å²) in [6, 6.07) is 17.8. The lowest BCUT2D eigenvalue weighted by atomic mass is 10.2. The number of anilines is 2. The van der Waals surface area contributed by atoms with Crippen LogP contribution in [-0.2, 0) is 12.8 Å². The van der Waals surface area contributed by atoms with Crippen LogP contribution in [-0.4, -0.2) is 16.0 Å². The lowest BCUT2D eigenvalue weighted by molar-refractivity contribution is -0.137. The van der Waals surface area contributed by atoms with E-state index in [0.29, 0.717) is 5.69 Å². The normalized spacial score (nSPS) is 11.5. The molecule has 0 fully saturated rings. The molecule has 3 rings (SSSR count). The van der Waals surface area contributed by atoms with Crippen molar-refractivity contribution >= 4 is 11.5 Å². The molecular formula is C21H20F3N3O. The lowest BCUT2D eigenvalue weighted by Crippen LogP contribution is -2.29. The third kappa shape index (κ3) is 4.60. The van der Waals surface area contributed by atoms with E-state index in [-0.39, 0.29) is 24.5 Å². The summed E-state index contributed by atoms with van der Waals surface area (Å²) in [6.45, 7) is 3.78. The molecule has 0 aliphatic heterocycles. The first-order chi connectivity index (χ1) is 13.4. The van der Waals surface area contributed by atoms with Crippen molar-refractivity contribution in [2.45, 2.75) is 32.7 Å². The summed E-state index contributed by atoms with van der Waals surface area (Å²) < 4.78 is 46.4. The van der Waals surface area contributed by atoms with Crippen LogP contribution < -0.4 is 9.64 Å². The van der Waals surface area contributed by atoms with Crippen molar-refractivity contribution in [2.24, 2.45) is 0 Å². The van der Waals surface area contributed by atoms with E-state index in [1.807, 2.05) is 30.3 Å². The molecule has 0 unspecified atom stereocenters. The second-order valence-electron chi connectivity index (χ2n) is 6.46. The third-order valence-corrected chi connectivity index (χ3v) is 4.04. The molecule has 0 aliphatic carbocycles. The number of hydrogen-bond acceptors (Lipinski definition) is 4. The zero-order valence-electron chi connectivity index (χ0n) is 15.5. The maximum absolute atomic E-state index is 13.6. The second kappa shape index (κ2) is 8.29. The van der Waals surface area contributed by atoms with Crippen LogP contribution in [0.15, 0.2) is 66.9 Å². The van der Waals surface area contributed by atoms with Gasteiger partial charge in [-0.25, -0.2) is 4.98 Å². The Bertz CT molecular complexity index is 900. The van der Waals surface area contributed by atoms with E-state index in [9.17, 15) is 13.2 Å². The Hall–Kier alpha value is -3.09. The third-order valence-electron chi connectivity index (χ3n) is 4.04. The van der Waals surface area contributed by atoms with Crippen LogP contribution in [0.4, 0.5) is 24.7 Å². The fourth-order valence-electron chi connectivity index (χ4n) is 2.79. The van der Waals surface area contributed by atoms with Gasteiger partial charge in [-0.2, -0.15) is 18.2 Å². The maximum atomic E-state index is 13.6. The molecule has 7 heteroatoms. The number of aromatic nitrogens is 2. The van der Waals surface area contributed by atoms with Gasteiger partial charge in [-0.15, -0.1) is 0 Å². The first-order valence-corrected chi connectivity index (χ1v) is 8.81. The van der Waals surface area contributed by atoms with E-state index in [2.05, 4.69) is 9.97 Å². The fraction of sp³-hybridized carbons (Fsp3) is 0.238. The number of hydrogen-bond donors (Lipinski definition) is 0. The van der Waals surface area contributed by atoms with Gasteiger partial charge >= 0.3 is 12.2 Å². The number of para-hydroxylation sites is 1. The minimum absolute atomic E-state index is 0.103. The topological polar surface area (TPSA) is 38.2 Å². The van der Waals surface area contributed by atoms with Gasteiger partial charge in [-0.3, -0.25) is 0 Å². The number of benzene rings is 2. The van der Waals surface area contributed by atoms with Gasteiger partial charge in [0.1, 0.15) is 12.2 Å². The van der Waals surface area contributed by atoms with Gasteiger partial charge in [-0.1, -0.05) is 48.5 Å². The van der Waals surface area contributed by atoms with E-state index in [0.717, 1.165) is 11.8 Å². The van der Waals surface area contributed by atoms with Gasteiger partial charge in [-0.05, 0) is 31.5 Å². The summed E-state index contributed by atoms with van der Waals surface area (Å²) in [5.74, 6) is -0.230. The zero-order valence-corrected chi connectivity index (χ0v) is 15.5. The average molecular weight is 387 g/mol. The SMILES string of the molecule is CC(C)N(c1ccccc1)c1nc(OCc2ccccc2)ncc1C(F)(F)F. The van der Waals surface area contributed by atoms with Crippen LogP contribution in [0, 0.1) is 0 Å². The van der Waals surface area contributed by atoms with Crippen molar-refractivity contribution in [2.75, 3.05) is 4.90 Å². The van der Waals surface area contributed by atoms with Crippen LogP contribution in [0.1, 0.15) is 25.0 Å². The van der Waals surface area contributed by atoms with Gasteiger partial charge in [0.2, 0.25) is 0 Å². The minimum Gasteiger partial charge on any atom is -0.459 e. The Morgan fingerprint density at radius 1 is 0.964 bits per heavy atom. The molecule has 0 bridgehead atoms. The van der Waals surface area contributed by atoms with E-state index >= 15 is 0 Å². The van der Waals surface area contributed by atoms with E-state index in [4.69, 9.17) is 4.74 Å². The molecule has 2 aromatic carbocycles. The quantitative estimate of drug-likeness (QED) is 0.550. The van der Waals surface area contributed by atoms with Crippen molar-refractivity contribution in [3.05, 3.63) is 78.0 Å². The molecule has 1 heterocycles. The van der Waals surface area contributed by atoms with Crippen molar-refractivity contribution in [1.82, 2.24) is 9.97 Å². The number of rotatable bonds is 6. The molecule has 0 saturated heterocycles. The summed E-state index contributed by atoms with van der Waals surface area (Å²) in [6.07, 6.45) is -3.81. The summed E-state index contributed by atoms with van der Waals surface area (Å²) in [5.41, 5.74) is 0.573. The second-order valence-corrected chi connectivity index (χ2v) is 6.46. The standard InChI is InChI=1S/C21H20F3N3O/c1-15(2)27(17-11-7-4-8-12-17)19-18(21(22,23)24)13-25-20(26-19)28-14-16-9-5-3-6-10-16/h3-13,15H,14H2,1-2H3. The molecule has 0 aliphatic rings. The first kappa shape index (κ1) is 19.7. The molecule has 0 amide bonds. The smallest absolute Gasteiger partial charge is 0.421 e. The highest BCUT2D eigenvalue weighted by atomic mass is 19.4. The van der Waals surface area contributed by atoms with Crippen molar-refractivity contribution < 1.29 is 17.9 Å². The highest BCUT2D eigenvalue weighted by Gasteiger charge is 2.38. The average Bonchev–Trinajstić information content (AvgIpc) is 2.67. The van der Waals surface area contributed by atoms with E-state index < -0.39 is 11.7 Å². The molecule has 146 valence electrons. The molecule has 1 aromatic heterocycles. The summed E-state index contributed by atoms with van der Waals surface area (Å²) in [7, 11) is 0. The van der Waals surface area contributed by atoms with Crippen molar-refractivity contribution in [1.29, 1.82) is 0 Å². The van der Waals surface area contributed by atoms with Crippen LogP contribution in [0.5, 0.6) is 6.01 Å². The Kier molecular flexibility index (Phi) is 5.82. The fourth-order valence-corrected chi connectivity index (χ4v) is 2.79. The van der Waals surface area contributed by atoms with Crippen molar-refractivity contribution in [3.63, 3.8) is 0 Å². The largest absolute Gasteiger partial charge is 0.459 e. The predicted octanol–water partition coefficient (Wildman–Crippen LogP) is 5.62. The molecule has 0 spiro atoms. The van der Waals surface area contributed by atoms with Crippen LogP contribution >= 0.6 is 0 Å². The van der Waals surface area contributed by atoms with E-state index in [1.165, 1.54) is 4.90 Å². The Balaban J connectivity index is 2.00. The Labute approximate surface area is 161 Å². The Morgan fingerprint density at radius 3 is 2.14 bits per heavy atom. The van der Waals surface area contributed by atoms with Crippen molar-refractivity contribution in [3.8, 4) is 6.01 Å². The molecule has 28 heavy (non-hydrogen) atoms. The van der Waals surface area contributed by atoms with Gasteiger partial charge in [0.15, 0.2) is 5.82 Å². The molecule has 0 saturated carbocycles. The molecule has 0 atom stereocenters. The number of alkyl halides is 3. The van der Waals surface area contributed by atoms with Gasteiger partial charge in [0.25, 0.3) is 0 Å². The van der Waals surface area contributed by atoms with Gasteiger partial charge in [0, 0.05) is 17.9 Å². The molecule has 0 N–H and O–H groups in total. The van der Waals surface area contributed by atoms with E-state index in [1.54, 1.807) is 44.2 Å².